The summed E-state index contributed by atoms with van der Waals surface area (Å²) in [6, 6.07) is 0.760. The average Bonchev–Trinajstić information content (AvgIpc) is 2.42. The molecule has 0 unspecified atom stereocenters. The second-order valence-electron chi connectivity index (χ2n) is 9.76. The Morgan fingerprint density at radius 2 is 1.52 bits per heavy atom. The van der Waals surface area contributed by atoms with Gasteiger partial charge in [-0.3, -0.25) is 0 Å². The van der Waals surface area contributed by atoms with Crippen molar-refractivity contribution in [3.05, 3.63) is 0 Å². The van der Waals surface area contributed by atoms with Gasteiger partial charge in [-0.05, 0) is 64.6 Å². The van der Waals surface area contributed by atoms with Crippen LogP contribution in [-0.2, 0) is 9.16 Å². The summed E-state index contributed by atoms with van der Waals surface area (Å²) in [5, 5.41) is 6.86. The van der Waals surface area contributed by atoms with Crippen molar-refractivity contribution < 1.29 is 14.0 Å². The normalized spacial score (nSPS) is 22.6. The Kier molecular flexibility index (Phi) is 7.96. The van der Waals surface area contributed by atoms with Gasteiger partial charge in [0.15, 0.2) is 8.32 Å². The van der Waals surface area contributed by atoms with Crippen molar-refractivity contribution in [2.75, 3.05) is 13.2 Å². The van der Waals surface area contributed by atoms with Crippen LogP contribution >= 0.6 is 0 Å². The Bertz CT molecular complexity index is 419. The summed E-state index contributed by atoms with van der Waals surface area (Å²) in [4.78, 5) is 11.8. The maximum atomic E-state index is 11.8. The first-order chi connectivity index (χ1) is 11.3. The molecule has 0 aromatic heterocycles. The number of alkyl carbamates (subject to hydrolysis) is 1. The van der Waals surface area contributed by atoms with E-state index in [1.165, 1.54) is 0 Å². The summed E-state index contributed by atoms with van der Waals surface area (Å²) in [7, 11) is -1.64. The molecule has 0 aromatic rings. The van der Waals surface area contributed by atoms with E-state index in [9.17, 15) is 4.79 Å². The van der Waals surface area contributed by atoms with Crippen LogP contribution in [0.5, 0.6) is 0 Å². The second-order valence-corrected chi connectivity index (χ2v) is 14.6. The molecule has 0 spiro atoms. The molecule has 0 bridgehead atoms. The van der Waals surface area contributed by atoms with Crippen LogP contribution in [0.3, 0.4) is 0 Å². The molecule has 0 aromatic carbocycles. The van der Waals surface area contributed by atoms with Crippen LogP contribution in [0, 0.1) is 0 Å². The average molecular weight is 373 g/mol. The SMILES string of the molecule is CC(C)(C)OC(=O)N[C@H]1CC[C@H](NCCO[Si](C)(C)C(C)(C)C)CC1. The third-order valence-electron chi connectivity index (χ3n) is 5.25. The molecule has 1 amide bonds. The smallest absolute Gasteiger partial charge is 0.407 e. The molecule has 1 fully saturated rings. The summed E-state index contributed by atoms with van der Waals surface area (Å²) < 4.78 is 11.5. The number of nitrogens with one attached hydrogen (secondary N) is 2. The van der Waals surface area contributed by atoms with Gasteiger partial charge in [-0.1, -0.05) is 20.8 Å². The van der Waals surface area contributed by atoms with Gasteiger partial charge in [-0.25, -0.2) is 4.79 Å². The minimum absolute atomic E-state index is 0.233. The molecule has 148 valence electrons. The van der Waals surface area contributed by atoms with Crippen molar-refractivity contribution >= 4 is 14.4 Å². The molecule has 1 rings (SSSR count). The Morgan fingerprint density at radius 3 is 2.00 bits per heavy atom. The molecule has 1 aliphatic rings. The molecular formula is C19H40N2O3Si. The first-order valence-corrected chi connectivity index (χ1v) is 12.6. The maximum Gasteiger partial charge on any atom is 0.407 e. The highest BCUT2D eigenvalue weighted by molar-refractivity contribution is 6.74. The van der Waals surface area contributed by atoms with E-state index in [0.717, 1.165) is 38.8 Å². The van der Waals surface area contributed by atoms with E-state index in [-0.39, 0.29) is 17.2 Å². The second kappa shape index (κ2) is 8.87. The van der Waals surface area contributed by atoms with Crippen LogP contribution in [0.15, 0.2) is 0 Å². The molecule has 1 saturated carbocycles. The highest BCUT2D eigenvalue weighted by Gasteiger charge is 2.36. The molecule has 1 aliphatic carbocycles. The summed E-state index contributed by atoms with van der Waals surface area (Å²) >= 11 is 0. The van der Waals surface area contributed by atoms with E-state index < -0.39 is 13.9 Å². The molecule has 0 heterocycles. The molecule has 6 heteroatoms. The largest absolute Gasteiger partial charge is 0.444 e. The third kappa shape index (κ3) is 8.56. The van der Waals surface area contributed by atoms with Crippen molar-refractivity contribution in [3.8, 4) is 0 Å². The van der Waals surface area contributed by atoms with Crippen LogP contribution in [0.1, 0.15) is 67.2 Å². The van der Waals surface area contributed by atoms with Gasteiger partial charge in [0.1, 0.15) is 5.60 Å². The van der Waals surface area contributed by atoms with Crippen molar-refractivity contribution in [3.63, 3.8) is 0 Å². The number of hydrogen-bond acceptors (Lipinski definition) is 4. The van der Waals surface area contributed by atoms with Crippen LogP contribution < -0.4 is 10.6 Å². The fraction of sp³-hybridized carbons (Fsp3) is 0.947. The highest BCUT2D eigenvalue weighted by Crippen LogP contribution is 2.36. The van der Waals surface area contributed by atoms with E-state index in [0.29, 0.717) is 6.04 Å². The lowest BCUT2D eigenvalue weighted by atomic mass is 9.91. The van der Waals surface area contributed by atoms with Gasteiger partial charge in [0.05, 0.1) is 0 Å². The highest BCUT2D eigenvalue weighted by atomic mass is 28.4. The number of ether oxygens (including phenoxy) is 1. The third-order valence-corrected chi connectivity index (χ3v) is 9.79. The number of carbonyl (C=O) groups is 1. The predicted octanol–water partition coefficient (Wildman–Crippen LogP) is 4.43. The van der Waals surface area contributed by atoms with Gasteiger partial charge in [0, 0.05) is 25.2 Å². The number of hydrogen-bond donors (Lipinski definition) is 2. The van der Waals surface area contributed by atoms with E-state index in [2.05, 4.69) is 44.5 Å². The molecule has 0 saturated heterocycles. The van der Waals surface area contributed by atoms with Crippen LogP contribution in [0.4, 0.5) is 4.79 Å². The molecule has 5 nitrogen and oxygen atoms in total. The lowest BCUT2D eigenvalue weighted by Gasteiger charge is -2.36. The van der Waals surface area contributed by atoms with E-state index in [1.54, 1.807) is 0 Å². The maximum absolute atomic E-state index is 11.8. The van der Waals surface area contributed by atoms with E-state index in [4.69, 9.17) is 9.16 Å². The van der Waals surface area contributed by atoms with Gasteiger partial charge in [0.25, 0.3) is 0 Å². The first-order valence-electron chi connectivity index (χ1n) is 9.67. The zero-order valence-electron chi connectivity index (χ0n) is 17.6. The quantitative estimate of drug-likeness (QED) is 0.535. The van der Waals surface area contributed by atoms with E-state index in [1.807, 2.05) is 20.8 Å². The zero-order chi connectivity index (χ0) is 19.3. The van der Waals surface area contributed by atoms with Gasteiger partial charge < -0.3 is 19.8 Å². The Labute approximate surface area is 155 Å². The minimum Gasteiger partial charge on any atom is -0.444 e. The lowest BCUT2D eigenvalue weighted by molar-refractivity contribution is 0.0489. The molecular weight excluding hydrogens is 332 g/mol. The van der Waals surface area contributed by atoms with Gasteiger partial charge in [-0.2, -0.15) is 0 Å². The molecule has 2 N–H and O–H groups in total. The van der Waals surface area contributed by atoms with Crippen molar-refractivity contribution in [1.29, 1.82) is 0 Å². The molecule has 25 heavy (non-hydrogen) atoms. The fourth-order valence-corrected chi connectivity index (χ4v) is 3.75. The number of rotatable bonds is 6. The summed E-state index contributed by atoms with van der Waals surface area (Å²) in [5.41, 5.74) is -0.438. The summed E-state index contributed by atoms with van der Waals surface area (Å²) in [5.74, 6) is 0. The number of amides is 1. The van der Waals surface area contributed by atoms with Gasteiger partial charge >= 0.3 is 6.09 Å². The topological polar surface area (TPSA) is 59.6 Å². The minimum atomic E-state index is -1.64. The predicted molar refractivity (Wildman–Crippen MR) is 107 cm³/mol. The van der Waals surface area contributed by atoms with E-state index >= 15 is 0 Å². The Balaban J connectivity index is 2.20. The zero-order valence-corrected chi connectivity index (χ0v) is 18.6. The molecule has 0 aliphatic heterocycles. The lowest BCUT2D eigenvalue weighted by Crippen LogP contribution is -2.45. The van der Waals surface area contributed by atoms with Crippen molar-refractivity contribution in [1.82, 2.24) is 10.6 Å². The Hall–Kier alpha value is -0.593. The first kappa shape index (κ1) is 22.4. The summed E-state index contributed by atoms with van der Waals surface area (Å²) in [6.45, 7) is 18.7. The molecule has 0 radical (unpaired) electrons. The summed E-state index contributed by atoms with van der Waals surface area (Å²) in [6.07, 6.45) is 3.87. The monoisotopic (exact) mass is 372 g/mol. The van der Waals surface area contributed by atoms with Crippen LogP contribution in [0.2, 0.25) is 18.1 Å². The van der Waals surface area contributed by atoms with Crippen molar-refractivity contribution in [2.45, 2.75) is 103 Å². The van der Waals surface area contributed by atoms with Crippen LogP contribution in [-0.4, -0.2) is 45.2 Å². The molecule has 0 atom stereocenters. The Morgan fingerprint density at radius 1 is 1.00 bits per heavy atom. The van der Waals surface area contributed by atoms with Gasteiger partial charge in [0.2, 0.25) is 0 Å². The van der Waals surface area contributed by atoms with Gasteiger partial charge in [-0.15, -0.1) is 0 Å². The van der Waals surface area contributed by atoms with Crippen LogP contribution in [0.25, 0.3) is 0 Å². The van der Waals surface area contributed by atoms with Crippen molar-refractivity contribution in [2.24, 2.45) is 0 Å². The standard InChI is InChI=1S/C19H40N2O3Si/c1-18(2,3)24-17(22)21-16-11-9-15(10-12-16)20-13-14-23-25(7,8)19(4,5)6/h15-16,20H,9-14H2,1-8H3,(H,21,22)/t15-,16-. The fourth-order valence-electron chi connectivity index (χ4n) is 2.70. The number of carbonyl (C=O) groups excluding carboxylic acids is 1.